The lowest BCUT2D eigenvalue weighted by Gasteiger charge is -2.31. The number of nitrogens with zero attached hydrogens (tertiary/aromatic N) is 3. The Morgan fingerprint density at radius 1 is 1.14 bits per heavy atom. The number of hydrogen-bond donors (Lipinski definition) is 1. The van der Waals surface area contributed by atoms with Gasteiger partial charge < -0.3 is 10.2 Å². The van der Waals surface area contributed by atoms with Gasteiger partial charge in [0.05, 0.1) is 15.1 Å². The Kier molecular flexibility index (Phi) is 5.69. The number of thiazole rings is 1. The van der Waals surface area contributed by atoms with Crippen molar-refractivity contribution in [1.29, 1.82) is 0 Å². The smallest absolute Gasteiger partial charge is 0.243 e. The number of carbonyl (C=O) groups is 1. The molecule has 0 spiro atoms. The van der Waals surface area contributed by atoms with Gasteiger partial charge in [0.25, 0.3) is 0 Å². The summed E-state index contributed by atoms with van der Waals surface area (Å²) in [6.07, 6.45) is 5.28. The molecule has 1 aromatic heterocycles. The molecule has 4 rings (SSSR count). The second kappa shape index (κ2) is 8.06. The third kappa shape index (κ3) is 4.07. The van der Waals surface area contributed by atoms with Crippen LogP contribution in [0.4, 0.5) is 5.13 Å². The molecule has 0 atom stereocenters. The third-order valence-electron chi connectivity index (χ3n) is 5.67. The Balaban J connectivity index is 1.52. The topological polar surface area (TPSA) is 82.6 Å². The quantitative estimate of drug-likeness (QED) is 0.819. The molecule has 9 heteroatoms. The molecule has 1 aliphatic heterocycles. The summed E-state index contributed by atoms with van der Waals surface area (Å²) in [4.78, 5) is 19.3. The van der Waals surface area contributed by atoms with Gasteiger partial charge in [0.1, 0.15) is 0 Å². The number of hydrogen-bond acceptors (Lipinski definition) is 6. The van der Waals surface area contributed by atoms with Gasteiger partial charge in [-0.1, -0.05) is 30.6 Å². The van der Waals surface area contributed by atoms with E-state index in [4.69, 9.17) is 0 Å². The van der Waals surface area contributed by atoms with Gasteiger partial charge in [0.2, 0.25) is 15.9 Å². The molecule has 1 aliphatic carbocycles. The van der Waals surface area contributed by atoms with E-state index < -0.39 is 10.0 Å². The summed E-state index contributed by atoms with van der Waals surface area (Å²) in [5.74, 6) is 0.0953. The molecule has 0 radical (unpaired) electrons. The van der Waals surface area contributed by atoms with Gasteiger partial charge in [-0.2, -0.15) is 4.31 Å². The van der Waals surface area contributed by atoms with Crippen molar-refractivity contribution in [1.82, 2.24) is 14.2 Å². The second-order valence-corrected chi connectivity index (χ2v) is 10.6. The minimum atomic E-state index is -3.51. The summed E-state index contributed by atoms with van der Waals surface area (Å²) in [5, 5.41) is 3.47. The van der Waals surface area contributed by atoms with Crippen molar-refractivity contribution in [2.45, 2.75) is 37.0 Å². The zero-order valence-electron chi connectivity index (χ0n) is 16.1. The predicted molar refractivity (Wildman–Crippen MR) is 111 cm³/mol. The summed E-state index contributed by atoms with van der Waals surface area (Å²) in [7, 11) is -1.51. The average Bonchev–Trinajstić information content (AvgIpc) is 3.10. The zero-order valence-corrected chi connectivity index (χ0v) is 17.7. The van der Waals surface area contributed by atoms with Crippen molar-refractivity contribution < 1.29 is 13.2 Å². The molecular formula is C19H26N4O3S2. The van der Waals surface area contributed by atoms with Gasteiger partial charge in [0.15, 0.2) is 5.13 Å². The number of amides is 1. The van der Waals surface area contributed by atoms with Crippen LogP contribution in [-0.4, -0.2) is 61.7 Å². The molecule has 2 heterocycles. The van der Waals surface area contributed by atoms with Gasteiger partial charge in [-0.25, -0.2) is 13.4 Å². The Labute approximate surface area is 169 Å². The maximum Gasteiger partial charge on any atom is 0.243 e. The van der Waals surface area contributed by atoms with Crippen LogP contribution in [0.15, 0.2) is 23.1 Å². The van der Waals surface area contributed by atoms with E-state index >= 15 is 0 Å². The summed E-state index contributed by atoms with van der Waals surface area (Å²) in [6.45, 7) is 2.48. The molecule has 1 N–H and O–H groups in total. The van der Waals surface area contributed by atoms with Crippen molar-refractivity contribution in [2.75, 3.05) is 38.5 Å². The highest BCUT2D eigenvalue weighted by atomic mass is 32.2. The number of aromatic nitrogens is 1. The van der Waals surface area contributed by atoms with Gasteiger partial charge in [0, 0.05) is 32.1 Å². The highest BCUT2D eigenvalue weighted by Crippen LogP contribution is 2.31. The number of likely N-dealkylation sites (N-methyl/N-ethyl adjacent to an activating group) is 1. The number of rotatable bonds is 4. The van der Waals surface area contributed by atoms with Crippen molar-refractivity contribution >= 4 is 42.6 Å². The van der Waals surface area contributed by atoms with Gasteiger partial charge >= 0.3 is 0 Å². The molecule has 1 saturated heterocycles. The Morgan fingerprint density at radius 3 is 2.57 bits per heavy atom. The monoisotopic (exact) mass is 422 g/mol. The number of benzene rings is 1. The van der Waals surface area contributed by atoms with Crippen LogP contribution in [0, 0.1) is 5.92 Å². The van der Waals surface area contributed by atoms with E-state index in [1.54, 1.807) is 22.5 Å². The summed E-state index contributed by atoms with van der Waals surface area (Å²) in [5.41, 5.74) is 0.710. The predicted octanol–water partition coefficient (Wildman–Crippen LogP) is 2.75. The van der Waals surface area contributed by atoms with Crippen LogP contribution < -0.4 is 5.32 Å². The van der Waals surface area contributed by atoms with Gasteiger partial charge in [-0.05, 0) is 38.1 Å². The lowest BCUT2D eigenvalue weighted by atomic mass is 9.89. The van der Waals surface area contributed by atoms with Crippen LogP contribution in [0.3, 0.4) is 0 Å². The van der Waals surface area contributed by atoms with Crippen molar-refractivity contribution in [3.8, 4) is 0 Å². The molecule has 1 amide bonds. The molecule has 1 saturated carbocycles. The SMILES string of the molecule is CN1CCN(S(=O)(=O)c2ccc3nc(NC(=O)C4CCCCC4)sc3c2)CC1. The Hall–Kier alpha value is -1.55. The molecule has 28 heavy (non-hydrogen) atoms. The fraction of sp³-hybridized carbons (Fsp3) is 0.579. The van der Waals surface area contributed by atoms with Gasteiger partial charge in [-0.3, -0.25) is 4.79 Å². The molecule has 1 aromatic carbocycles. The maximum atomic E-state index is 13.0. The second-order valence-electron chi connectivity index (χ2n) is 7.68. The largest absolute Gasteiger partial charge is 0.304 e. The Bertz CT molecular complexity index is 959. The number of fused-ring (bicyclic) bond motifs is 1. The van der Waals surface area contributed by atoms with Gasteiger partial charge in [-0.15, -0.1) is 0 Å². The molecule has 2 aliphatic rings. The third-order valence-corrected chi connectivity index (χ3v) is 8.49. The van der Waals surface area contributed by atoms with Crippen LogP contribution in [0.2, 0.25) is 0 Å². The van der Waals surface area contributed by atoms with E-state index in [1.165, 1.54) is 17.8 Å². The molecule has 0 bridgehead atoms. The number of nitrogens with one attached hydrogen (secondary N) is 1. The standard InChI is InChI=1S/C19H26N4O3S2/c1-22-9-11-23(12-10-22)28(25,26)15-7-8-16-17(13-15)27-19(20-16)21-18(24)14-5-3-2-4-6-14/h7-8,13-14H,2-6,9-12H2,1H3,(H,20,21,24). The molecule has 7 nitrogen and oxygen atoms in total. The maximum absolute atomic E-state index is 13.0. The minimum absolute atomic E-state index is 0.0315. The van der Waals surface area contributed by atoms with Crippen molar-refractivity contribution in [3.63, 3.8) is 0 Å². The average molecular weight is 423 g/mol. The van der Waals surface area contributed by atoms with E-state index in [2.05, 4.69) is 15.2 Å². The first kappa shape index (κ1) is 19.8. The minimum Gasteiger partial charge on any atom is -0.304 e. The molecular weight excluding hydrogens is 396 g/mol. The number of carbonyl (C=O) groups excluding carboxylic acids is 1. The number of piperazine rings is 1. The first-order valence-corrected chi connectivity index (χ1v) is 12.1. The van der Waals surface area contributed by atoms with Crippen LogP contribution in [0.1, 0.15) is 32.1 Å². The summed E-state index contributed by atoms with van der Waals surface area (Å²) >= 11 is 1.33. The van der Waals surface area contributed by atoms with Crippen LogP contribution in [0.25, 0.3) is 10.2 Å². The van der Waals surface area contributed by atoms with E-state index in [1.807, 2.05) is 7.05 Å². The molecule has 2 fully saturated rings. The lowest BCUT2D eigenvalue weighted by Crippen LogP contribution is -2.46. The first-order valence-electron chi connectivity index (χ1n) is 9.83. The normalized spacial score (nSPS) is 20.5. The van der Waals surface area contributed by atoms with Crippen LogP contribution in [-0.2, 0) is 14.8 Å². The molecule has 2 aromatic rings. The van der Waals surface area contributed by atoms with E-state index in [0.29, 0.717) is 28.6 Å². The molecule has 152 valence electrons. The molecule has 0 unspecified atom stereocenters. The summed E-state index contributed by atoms with van der Waals surface area (Å²) in [6, 6.07) is 5.02. The van der Waals surface area contributed by atoms with Crippen molar-refractivity contribution in [2.24, 2.45) is 5.92 Å². The van der Waals surface area contributed by atoms with Crippen LogP contribution in [0.5, 0.6) is 0 Å². The van der Waals surface area contributed by atoms with Crippen LogP contribution >= 0.6 is 11.3 Å². The lowest BCUT2D eigenvalue weighted by molar-refractivity contribution is -0.120. The first-order chi connectivity index (χ1) is 13.4. The number of sulfonamides is 1. The summed E-state index contributed by atoms with van der Waals surface area (Å²) < 4.78 is 28.2. The number of anilines is 1. The fourth-order valence-corrected chi connectivity index (χ4v) is 6.30. The Morgan fingerprint density at radius 2 is 1.86 bits per heavy atom. The van der Waals surface area contributed by atoms with E-state index in [9.17, 15) is 13.2 Å². The fourth-order valence-electron chi connectivity index (χ4n) is 3.87. The van der Waals surface area contributed by atoms with E-state index in [0.717, 1.165) is 43.5 Å². The zero-order chi connectivity index (χ0) is 19.7. The highest BCUT2D eigenvalue weighted by molar-refractivity contribution is 7.89. The van der Waals surface area contributed by atoms with Crippen molar-refractivity contribution in [3.05, 3.63) is 18.2 Å². The highest BCUT2D eigenvalue weighted by Gasteiger charge is 2.28. The van der Waals surface area contributed by atoms with E-state index in [-0.39, 0.29) is 11.8 Å².